The zero-order valence-corrected chi connectivity index (χ0v) is 10.2. The highest BCUT2D eigenvalue weighted by Gasteiger charge is 2.39. The highest BCUT2D eigenvalue weighted by Crippen LogP contribution is 2.32. The topological polar surface area (TPSA) is 38.8 Å². The van der Waals surface area contributed by atoms with Crippen LogP contribution in [0.5, 0.6) is 0 Å². The van der Waals surface area contributed by atoms with Crippen LogP contribution in [0.25, 0.3) is 0 Å². The van der Waals surface area contributed by atoms with Gasteiger partial charge in [0.15, 0.2) is 0 Å². The average Bonchev–Trinajstić information content (AvgIpc) is 2.50. The Morgan fingerprint density at radius 2 is 2.06 bits per heavy atom. The van der Waals surface area contributed by atoms with Crippen LogP contribution in [0.15, 0.2) is 0 Å². The van der Waals surface area contributed by atoms with E-state index in [-0.39, 0.29) is 17.5 Å². The molecule has 4 nitrogen and oxygen atoms in total. The molecular formula is C12H21NO3. The smallest absolute Gasteiger partial charge is 0.309 e. The number of nitrogens with zero attached hydrogens (tertiary/aromatic N) is 1. The van der Waals surface area contributed by atoms with E-state index in [4.69, 9.17) is 9.47 Å². The van der Waals surface area contributed by atoms with E-state index in [1.807, 2.05) is 13.8 Å². The van der Waals surface area contributed by atoms with Gasteiger partial charge in [-0.2, -0.15) is 0 Å². The van der Waals surface area contributed by atoms with Crippen LogP contribution in [0.3, 0.4) is 0 Å². The van der Waals surface area contributed by atoms with Gasteiger partial charge in [0.25, 0.3) is 0 Å². The van der Waals surface area contributed by atoms with Crippen LogP contribution in [-0.4, -0.2) is 49.3 Å². The molecule has 2 fully saturated rings. The molecule has 2 aliphatic rings. The van der Waals surface area contributed by atoms with Crippen molar-refractivity contribution in [3.63, 3.8) is 0 Å². The summed E-state index contributed by atoms with van der Waals surface area (Å²) >= 11 is 0. The molecule has 0 aromatic carbocycles. The molecule has 0 saturated carbocycles. The van der Waals surface area contributed by atoms with Gasteiger partial charge in [-0.05, 0) is 33.2 Å². The van der Waals surface area contributed by atoms with Gasteiger partial charge in [0, 0.05) is 13.1 Å². The molecule has 16 heavy (non-hydrogen) atoms. The zero-order valence-electron chi connectivity index (χ0n) is 10.2. The fourth-order valence-corrected chi connectivity index (χ4v) is 2.46. The van der Waals surface area contributed by atoms with Gasteiger partial charge in [0.2, 0.25) is 0 Å². The minimum absolute atomic E-state index is 0.0155. The van der Waals surface area contributed by atoms with Crippen molar-refractivity contribution in [2.24, 2.45) is 5.92 Å². The normalized spacial score (nSPS) is 30.4. The lowest BCUT2D eigenvalue weighted by Crippen LogP contribution is -2.37. The van der Waals surface area contributed by atoms with E-state index >= 15 is 0 Å². The van der Waals surface area contributed by atoms with Crippen molar-refractivity contribution >= 4 is 5.97 Å². The molecule has 2 aliphatic heterocycles. The first-order valence-corrected chi connectivity index (χ1v) is 6.10. The monoisotopic (exact) mass is 227 g/mol. The number of ether oxygens (including phenoxy) is 2. The Bertz CT molecular complexity index is 259. The number of carbonyl (C=O) groups is 1. The molecule has 2 rings (SSSR count). The Hall–Kier alpha value is -0.610. The SMILES string of the molecule is CC1(C)CC(CCN2CCOCC2)C(=O)O1. The van der Waals surface area contributed by atoms with Gasteiger partial charge < -0.3 is 9.47 Å². The average molecular weight is 227 g/mol. The molecule has 0 spiro atoms. The standard InChI is InChI=1S/C12H21NO3/c1-12(2)9-10(11(14)16-12)3-4-13-5-7-15-8-6-13/h10H,3-9H2,1-2H3. The van der Waals surface area contributed by atoms with Gasteiger partial charge in [0.1, 0.15) is 5.60 Å². The highest BCUT2D eigenvalue weighted by molar-refractivity contribution is 5.75. The quantitative estimate of drug-likeness (QED) is 0.676. The summed E-state index contributed by atoms with van der Waals surface area (Å²) in [6.07, 6.45) is 1.78. The van der Waals surface area contributed by atoms with Crippen LogP contribution in [-0.2, 0) is 14.3 Å². The molecule has 2 saturated heterocycles. The summed E-state index contributed by atoms with van der Waals surface area (Å²) in [6.45, 7) is 8.58. The van der Waals surface area contributed by atoms with E-state index in [1.165, 1.54) is 0 Å². The largest absolute Gasteiger partial charge is 0.459 e. The molecule has 92 valence electrons. The van der Waals surface area contributed by atoms with Gasteiger partial charge >= 0.3 is 5.97 Å². The molecular weight excluding hydrogens is 206 g/mol. The number of carbonyl (C=O) groups excluding carboxylic acids is 1. The minimum atomic E-state index is -0.257. The van der Waals surface area contributed by atoms with Crippen LogP contribution in [0.2, 0.25) is 0 Å². The molecule has 0 aromatic heterocycles. The molecule has 1 atom stereocenters. The maximum absolute atomic E-state index is 11.6. The second-order valence-corrected chi connectivity index (χ2v) is 5.32. The Balaban J connectivity index is 1.75. The summed E-state index contributed by atoms with van der Waals surface area (Å²) in [5, 5.41) is 0. The van der Waals surface area contributed by atoms with Crippen LogP contribution in [0.1, 0.15) is 26.7 Å². The molecule has 0 N–H and O–H groups in total. The van der Waals surface area contributed by atoms with Crippen LogP contribution in [0.4, 0.5) is 0 Å². The van der Waals surface area contributed by atoms with Gasteiger partial charge in [-0.1, -0.05) is 0 Å². The van der Waals surface area contributed by atoms with E-state index in [2.05, 4.69) is 4.90 Å². The van der Waals surface area contributed by atoms with Crippen LogP contribution < -0.4 is 0 Å². The number of morpholine rings is 1. The first kappa shape index (κ1) is 11.9. The lowest BCUT2D eigenvalue weighted by molar-refractivity contribution is -0.148. The van der Waals surface area contributed by atoms with Crippen molar-refractivity contribution < 1.29 is 14.3 Å². The second kappa shape index (κ2) is 4.72. The minimum Gasteiger partial charge on any atom is -0.459 e. The second-order valence-electron chi connectivity index (χ2n) is 5.32. The Morgan fingerprint density at radius 1 is 1.38 bits per heavy atom. The lowest BCUT2D eigenvalue weighted by Gasteiger charge is -2.27. The summed E-state index contributed by atoms with van der Waals surface area (Å²) in [4.78, 5) is 14.0. The zero-order chi connectivity index (χ0) is 11.6. The summed E-state index contributed by atoms with van der Waals surface area (Å²) in [5.41, 5.74) is -0.257. The molecule has 0 amide bonds. The number of hydrogen-bond acceptors (Lipinski definition) is 4. The summed E-state index contributed by atoms with van der Waals surface area (Å²) in [7, 11) is 0. The maximum atomic E-state index is 11.6. The van der Waals surface area contributed by atoms with E-state index in [9.17, 15) is 4.79 Å². The van der Waals surface area contributed by atoms with Crippen LogP contribution in [0, 0.1) is 5.92 Å². The Kier molecular flexibility index (Phi) is 3.50. The van der Waals surface area contributed by atoms with E-state index in [0.29, 0.717) is 0 Å². The van der Waals surface area contributed by atoms with Gasteiger partial charge in [-0.25, -0.2) is 0 Å². The fraction of sp³-hybridized carbons (Fsp3) is 0.917. The van der Waals surface area contributed by atoms with Crippen molar-refractivity contribution in [1.29, 1.82) is 0 Å². The van der Waals surface area contributed by atoms with E-state index < -0.39 is 0 Å². The van der Waals surface area contributed by atoms with Crippen molar-refractivity contribution in [2.75, 3.05) is 32.8 Å². The molecule has 4 heteroatoms. The van der Waals surface area contributed by atoms with Crippen molar-refractivity contribution in [1.82, 2.24) is 4.90 Å². The molecule has 0 aliphatic carbocycles. The van der Waals surface area contributed by atoms with Gasteiger partial charge in [-0.15, -0.1) is 0 Å². The van der Waals surface area contributed by atoms with Crippen LogP contribution >= 0.6 is 0 Å². The highest BCUT2D eigenvalue weighted by atomic mass is 16.6. The first-order valence-electron chi connectivity index (χ1n) is 6.10. The van der Waals surface area contributed by atoms with Crippen molar-refractivity contribution in [3.05, 3.63) is 0 Å². The Labute approximate surface area is 96.9 Å². The lowest BCUT2D eigenvalue weighted by atomic mass is 9.95. The predicted octanol–water partition coefficient (Wildman–Crippen LogP) is 1.05. The van der Waals surface area contributed by atoms with Crippen molar-refractivity contribution in [3.8, 4) is 0 Å². The fourth-order valence-electron chi connectivity index (χ4n) is 2.46. The van der Waals surface area contributed by atoms with Crippen molar-refractivity contribution in [2.45, 2.75) is 32.3 Å². The summed E-state index contributed by atoms with van der Waals surface area (Å²) < 4.78 is 10.6. The third-order valence-corrected chi connectivity index (χ3v) is 3.35. The third kappa shape index (κ3) is 2.95. The molecule has 2 heterocycles. The van der Waals surface area contributed by atoms with E-state index in [0.717, 1.165) is 45.7 Å². The summed E-state index contributed by atoms with van der Waals surface area (Å²) in [6, 6.07) is 0. The summed E-state index contributed by atoms with van der Waals surface area (Å²) in [5.74, 6) is 0.0797. The number of esters is 1. The molecule has 0 radical (unpaired) electrons. The predicted molar refractivity (Wildman–Crippen MR) is 60.2 cm³/mol. The molecule has 1 unspecified atom stereocenters. The van der Waals surface area contributed by atoms with Gasteiger partial charge in [-0.3, -0.25) is 9.69 Å². The first-order chi connectivity index (χ1) is 7.57. The molecule has 0 aromatic rings. The molecule has 0 bridgehead atoms. The Morgan fingerprint density at radius 3 is 2.62 bits per heavy atom. The number of cyclic esters (lactones) is 1. The number of hydrogen-bond donors (Lipinski definition) is 0. The maximum Gasteiger partial charge on any atom is 0.309 e. The number of rotatable bonds is 3. The van der Waals surface area contributed by atoms with E-state index in [1.54, 1.807) is 0 Å². The third-order valence-electron chi connectivity index (χ3n) is 3.35. The van der Waals surface area contributed by atoms with Gasteiger partial charge in [0.05, 0.1) is 19.1 Å².